The zero-order valence-corrected chi connectivity index (χ0v) is 44.9. The number of fused-ring (bicyclic) bond motifs is 4. The van der Waals surface area contributed by atoms with E-state index in [0.717, 1.165) is 58.9 Å². The van der Waals surface area contributed by atoms with Gasteiger partial charge in [0.15, 0.2) is 3.23 Å². The van der Waals surface area contributed by atoms with E-state index in [9.17, 15) is 9.59 Å². The van der Waals surface area contributed by atoms with Gasteiger partial charge in [-0.1, -0.05) is 103 Å². The highest BCUT2D eigenvalue weighted by Gasteiger charge is 2.48. The molecule has 344 valence electrons. The highest BCUT2D eigenvalue weighted by molar-refractivity contribution is 9.25. The number of aromatic amines is 1. The number of carbonyl (C=O) groups excluding carboxylic acids is 2. The molecule has 2 amide bonds. The van der Waals surface area contributed by atoms with E-state index in [1.807, 2.05) is 67.1 Å². The van der Waals surface area contributed by atoms with Gasteiger partial charge in [0, 0.05) is 103 Å². The molecule has 1 N–H and O–H groups in total. The van der Waals surface area contributed by atoms with Gasteiger partial charge in [0.25, 0.3) is 5.91 Å². The normalized spacial score (nSPS) is 14.4. The molecule has 2 aliphatic rings. The van der Waals surface area contributed by atoms with Crippen molar-refractivity contribution in [2.24, 2.45) is 0 Å². The molecule has 6 aromatic heterocycles. The first-order chi connectivity index (χ1) is 30.2. The molecule has 6 aromatic rings. The Morgan fingerprint density at radius 1 is 0.625 bits per heavy atom. The van der Waals surface area contributed by atoms with Crippen molar-refractivity contribution in [1.82, 2.24) is 29.5 Å². The molecule has 0 aliphatic carbocycles. The van der Waals surface area contributed by atoms with Crippen molar-refractivity contribution in [2.45, 2.75) is 93.4 Å². The van der Waals surface area contributed by atoms with Crippen molar-refractivity contribution < 1.29 is 23.8 Å². The van der Waals surface area contributed by atoms with E-state index in [-0.39, 0.29) is 18.5 Å². The summed E-state index contributed by atoms with van der Waals surface area (Å²) in [6, 6.07) is 23.0. The average Bonchev–Trinajstić information content (AvgIpc) is 4.00. The Balaban J connectivity index is 0.000000165. The van der Waals surface area contributed by atoms with Crippen LogP contribution in [0.1, 0.15) is 11.1 Å². The summed E-state index contributed by atoms with van der Waals surface area (Å²) in [6.45, 7) is 24.4. The predicted octanol–water partition coefficient (Wildman–Crippen LogP) is 10.9. The third-order valence-electron chi connectivity index (χ3n) is 10.2. The molecule has 2 aliphatic heterocycles. The SMILES string of the molecule is C[Si](C)(C)CCOCN1C(=O)C(Br)(Br)c2cccnc21.C[Si](C)(C)CCOCN1C(=O)Cc2cccnc21.C[Si](C)(C)CCOCn1ccc2cccnc21.c1cnc2[nH]ccc2c1. The van der Waals surface area contributed by atoms with Crippen LogP contribution in [0.2, 0.25) is 77.1 Å². The van der Waals surface area contributed by atoms with E-state index >= 15 is 0 Å². The zero-order valence-electron chi connectivity index (χ0n) is 38.7. The molecular formula is C46H64Br2N8O5Si3. The number of halogens is 2. The van der Waals surface area contributed by atoms with Crippen LogP contribution in [-0.4, -0.2) is 98.8 Å². The monoisotopic (exact) mass is 1050 g/mol. The molecule has 8 rings (SSSR count). The first-order valence-electron chi connectivity index (χ1n) is 21.6. The Morgan fingerprint density at radius 3 is 1.78 bits per heavy atom. The molecule has 0 bridgehead atoms. The zero-order chi connectivity index (χ0) is 46.5. The fraction of sp³-hybridized carbons (Fsp3) is 0.435. The van der Waals surface area contributed by atoms with E-state index in [1.54, 1.807) is 28.4 Å². The van der Waals surface area contributed by atoms with Crippen LogP contribution in [-0.2, 0) is 40.2 Å². The van der Waals surface area contributed by atoms with Gasteiger partial charge in [0.1, 0.15) is 43.1 Å². The largest absolute Gasteiger partial charge is 0.361 e. The highest BCUT2D eigenvalue weighted by Crippen LogP contribution is 2.49. The number of hydrogen-bond donors (Lipinski definition) is 1. The van der Waals surface area contributed by atoms with Crippen LogP contribution in [0.25, 0.3) is 22.1 Å². The summed E-state index contributed by atoms with van der Waals surface area (Å²) in [7, 11) is -3.16. The van der Waals surface area contributed by atoms with Crippen LogP contribution in [0.15, 0.2) is 97.8 Å². The molecule has 18 heteroatoms. The molecule has 64 heavy (non-hydrogen) atoms. The number of carbonyl (C=O) groups is 2. The number of amides is 2. The van der Waals surface area contributed by atoms with Gasteiger partial charge < -0.3 is 23.8 Å². The molecule has 0 radical (unpaired) electrons. The Labute approximate surface area is 398 Å². The average molecular weight is 1050 g/mol. The van der Waals surface area contributed by atoms with Crippen molar-refractivity contribution in [1.29, 1.82) is 0 Å². The summed E-state index contributed by atoms with van der Waals surface area (Å²) in [6.07, 6.45) is 11.4. The summed E-state index contributed by atoms with van der Waals surface area (Å²) < 4.78 is 18.2. The summed E-state index contributed by atoms with van der Waals surface area (Å²) in [4.78, 5) is 47.4. The van der Waals surface area contributed by atoms with E-state index in [1.165, 1.54) is 11.4 Å². The number of hydrogen-bond acceptors (Lipinski definition) is 9. The first-order valence-corrected chi connectivity index (χ1v) is 34.3. The summed E-state index contributed by atoms with van der Waals surface area (Å²) >= 11 is 6.85. The standard InChI is InChI=1S/C13H18Br2N2O2Si.C13H20N2O2Si.C13H20N2OSi.C7H6N2/c1-20(2,3)8-7-19-9-17-11-10(5-4-6-16-11)13(14,15)12(17)18;1-18(2,3)8-7-17-10-15-12(16)9-11-5-4-6-14-13(11)15;1-17(2,3)10-9-16-11-15-8-6-12-5-4-7-14-13(12)15;1-2-6-3-5-9-7(6)8-4-1/h4-6H,7-9H2,1-3H3;4-6H,7-10H2,1-3H3;4-8H,9-11H2,1-3H3;1-5H,(H,8,9). The molecule has 13 nitrogen and oxygen atoms in total. The lowest BCUT2D eigenvalue weighted by molar-refractivity contribution is -0.119. The summed E-state index contributed by atoms with van der Waals surface area (Å²) in [5.74, 6) is 1.39. The minimum absolute atomic E-state index is 0.0803. The van der Waals surface area contributed by atoms with Crippen molar-refractivity contribution in [2.75, 3.05) is 43.1 Å². The number of H-pyrrole nitrogens is 1. The third-order valence-corrected chi connectivity index (χ3v) is 16.8. The fourth-order valence-corrected chi connectivity index (χ4v) is 9.61. The smallest absolute Gasteiger partial charge is 0.262 e. The number of pyridine rings is 4. The molecule has 0 saturated heterocycles. The number of ether oxygens (including phenoxy) is 3. The Hall–Kier alpha value is -3.89. The lowest BCUT2D eigenvalue weighted by atomic mass is 10.2. The van der Waals surface area contributed by atoms with Gasteiger partial charge in [-0.15, -0.1) is 0 Å². The number of alkyl halides is 2. The first kappa shape index (κ1) is 51.1. The van der Waals surface area contributed by atoms with E-state index in [0.29, 0.717) is 32.3 Å². The maximum atomic E-state index is 12.4. The van der Waals surface area contributed by atoms with Gasteiger partial charge in [-0.2, -0.15) is 0 Å². The van der Waals surface area contributed by atoms with Gasteiger partial charge >= 0.3 is 0 Å². The highest BCUT2D eigenvalue weighted by atomic mass is 79.9. The lowest BCUT2D eigenvalue weighted by Gasteiger charge is -2.20. The van der Waals surface area contributed by atoms with E-state index in [4.69, 9.17) is 14.2 Å². The quantitative estimate of drug-likeness (QED) is 0.0604. The van der Waals surface area contributed by atoms with Crippen LogP contribution in [0.5, 0.6) is 0 Å². The lowest BCUT2D eigenvalue weighted by Crippen LogP contribution is -2.35. The van der Waals surface area contributed by atoms with Gasteiger partial charge in [-0.3, -0.25) is 19.4 Å². The Morgan fingerprint density at radius 2 is 1.16 bits per heavy atom. The molecule has 0 spiro atoms. The number of nitrogens with zero attached hydrogens (tertiary/aromatic N) is 7. The number of aromatic nitrogens is 6. The van der Waals surface area contributed by atoms with E-state index in [2.05, 4.69) is 132 Å². The second-order valence-corrected chi connectivity index (χ2v) is 39.6. The second-order valence-electron chi connectivity index (χ2n) is 19.3. The minimum atomic E-state index is -1.11. The molecule has 0 fully saturated rings. The number of rotatable bonds is 15. The Bertz CT molecular complexity index is 2400. The van der Waals surface area contributed by atoms with Crippen LogP contribution >= 0.6 is 31.9 Å². The molecule has 0 atom stereocenters. The van der Waals surface area contributed by atoms with Crippen molar-refractivity contribution in [3.8, 4) is 0 Å². The molecular weight excluding hydrogens is 989 g/mol. The van der Waals surface area contributed by atoms with Crippen molar-refractivity contribution >= 4 is 102 Å². The Kier molecular flexibility index (Phi) is 18.4. The summed E-state index contributed by atoms with van der Waals surface area (Å²) in [5.41, 5.74) is 3.77. The maximum Gasteiger partial charge on any atom is 0.262 e. The molecule has 8 heterocycles. The minimum Gasteiger partial charge on any atom is -0.361 e. The number of nitrogens with one attached hydrogen (secondary N) is 1. The number of anilines is 2. The third kappa shape index (κ3) is 15.4. The summed E-state index contributed by atoms with van der Waals surface area (Å²) in [5, 5.41) is 2.33. The van der Waals surface area contributed by atoms with Crippen LogP contribution in [0, 0.1) is 0 Å². The van der Waals surface area contributed by atoms with Gasteiger partial charge in [-0.25, -0.2) is 19.9 Å². The molecule has 0 saturated carbocycles. The van der Waals surface area contributed by atoms with Gasteiger partial charge in [0.05, 0.1) is 6.42 Å². The second kappa shape index (κ2) is 23.0. The topological polar surface area (TPSA) is 141 Å². The van der Waals surface area contributed by atoms with Crippen LogP contribution in [0.4, 0.5) is 11.6 Å². The van der Waals surface area contributed by atoms with Gasteiger partial charge in [-0.05, 0) is 66.7 Å². The fourth-order valence-electron chi connectivity index (χ4n) is 6.30. The maximum absolute atomic E-state index is 12.4. The molecule has 0 aromatic carbocycles. The predicted molar refractivity (Wildman–Crippen MR) is 275 cm³/mol. The van der Waals surface area contributed by atoms with Gasteiger partial charge in [0.2, 0.25) is 5.91 Å². The van der Waals surface area contributed by atoms with E-state index < -0.39 is 27.5 Å². The van der Waals surface area contributed by atoms with Crippen LogP contribution in [0.3, 0.4) is 0 Å². The van der Waals surface area contributed by atoms with Crippen LogP contribution < -0.4 is 9.80 Å². The van der Waals surface area contributed by atoms with Crippen molar-refractivity contribution in [3.63, 3.8) is 0 Å². The molecule has 0 unspecified atom stereocenters. The van der Waals surface area contributed by atoms with Crippen molar-refractivity contribution in [3.05, 3.63) is 109 Å².